The molecule has 0 radical (unpaired) electrons. The summed E-state index contributed by atoms with van der Waals surface area (Å²) in [6, 6.07) is -4.33. The summed E-state index contributed by atoms with van der Waals surface area (Å²) in [5.74, 6) is -3.45. The van der Waals surface area contributed by atoms with Crippen molar-refractivity contribution in [3.05, 3.63) is 0 Å². The monoisotopic (exact) mass is 420 g/mol. The zero-order valence-corrected chi connectivity index (χ0v) is 17.5. The zero-order chi connectivity index (χ0) is 22.0. The van der Waals surface area contributed by atoms with Crippen LogP contribution in [0.5, 0.6) is 0 Å². The SMILES string of the molecule is CC(C)CC(NC(=O)C(N)CS)C(=O)NC(C(=O)NC(CO)C(=O)O)C(C)C. The summed E-state index contributed by atoms with van der Waals surface area (Å²) in [6.07, 6.45) is 0.317. The van der Waals surface area contributed by atoms with Crippen LogP contribution in [-0.4, -0.2) is 70.4 Å². The van der Waals surface area contributed by atoms with Crippen LogP contribution in [0, 0.1) is 11.8 Å². The number of hydrogen-bond donors (Lipinski definition) is 7. The van der Waals surface area contributed by atoms with Gasteiger partial charge in [-0.25, -0.2) is 4.79 Å². The second-order valence-electron chi connectivity index (χ2n) is 7.29. The highest BCUT2D eigenvalue weighted by atomic mass is 32.1. The summed E-state index contributed by atoms with van der Waals surface area (Å²) in [6.45, 7) is 6.30. The molecule has 0 aliphatic rings. The second-order valence-corrected chi connectivity index (χ2v) is 7.66. The van der Waals surface area contributed by atoms with E-state index < -0.39 is 54.5 Å². The van der Waals surface area contributed by atoms with Gasteiger partial charge in [-0.2, -0.15) is 12.6 Å². The van der Waals surface area contributed by atoms with Gasteiger partial charge in [0.1, 0.15) is 18.1 Å². The van der Waals surface area contributed by atoms with Crippen molar-refractivity contribution in [2.24, 2.45) is 17.6 Å². The van der Waals surface area contributed by atoms with Gasteiger partial charge in [-0.1, -0.05) is 27.7 Å². The fraction of sp³-hybridized carbons (Fsp3) is 0.765. The lowest BCUT2D eigenvalue weighted by molar-refractivity contribution is -0.143. The van der Waals surface area contributed by atoms with Crippen LogP contribution in [-0.2, 0) is 19.2 Å². The highest BCUT2D eigenvalue weighted by Gasteiger charge is 2.31. The van der Waals surface area contributed by atoms with Gasteiger partial charge in [0, 0.05) is 5.75 Å². The molecule has 0 aromatic heterocycles. The van der Waals surface area contributed by atoms with E-state index in [4.69, 9.17) is 15.9 Å². The van der Waals surface area contributed by atoms with Gasteiger partial charge in [0.05, 0.1) is 12.6 Å². The third kappa shape index (κ3) is 8.89. The third-order valence-electron chi connectivity index (χ3n) is 3.92. The number of carbonyl (C=O) groups excluding carboxylic acids is 3. The van der Waals surface area contributed by atoms with E-state index in [1.807, 2.05) is 13.8 Å². The number of nitrogens with one attached hydrogen (secondary N) is 3. The van der Waals surface area contributed by atoms with Crippen molar-refractivity contribution in [2.75, 3.05) is 12.4 Å². The highest BCUT2D eigenvalue weighted by Crippen LogP contribution is 2.08. The molecule has 7 N–H and O–H groups in total. The Labute approximate surface area is 170 Å². The molecule has 0 aliphatic heterocycles. The van der Waals surface area contributed by atoms with Gasteiger partial charge in [-0.15, -0.1) is 0 Å². The Kier molecular flexibility index (Phi) is 11.7. The van der Waals surface area contributed by atoms with Gasteiger partial charge in [-0.05, 0) is 18.3 Å². The predicted molar refractivity (Wildman–Crippen MR) is 107 cm³/mol. The number of aliphatic hydroxyl groups is 1. The Morgan fingerprint density at radius 1 is 0.929 bits per heavy atom. The van der Waals surface area contributed by atoms with Crippen molar-refractivity contribution in [3.63, 3.8) is 0 Å². The average molecular weight is 421 g/mol. The van der Waals surface area contributed by atoms with E-state index in [-0.39, 0.29) is 17.6 Å². The average Bonchev–Trinajstić information content (AvgIpc) is 2.61. The molecule has 4 unspecified atom stereocenters. The molecule has 11 heteroatoms. The molecular weight excluding hydrogens is 388 g/mol. The first kappa shape index (κ1) is 26.1. The first-order chi connectivity index (χ1) is 12.9. The second kappa shape index (κ2) is 12.6. The van der Waals surface area contributed by atoms with Gasteiger partial charge < -0.3 is 31.9 Å². The van der Waals surface area contributed by atoms with E-state index in [1.54, 1.807) is 13.8 Å². The minimum atomic E-state index is -1.48. The van der Waals surface area contributed by atoms with Crippen LogP contribution in [0.4, 0.5) is 0 Å². The largest absolute Gasteiger partial charge is 0.480 e. The molecule has 10 nitrogen and oxygen atoms in total. The normalized spacial score (nSPS) is 15.5. The van der Waals surface area contributed by atoms with Crippen LogP contribution in [0.25, 0.3) is 0 Å². The fourth-order valence-electron chi connectivity index (χ4n) is 2.30. The highest BCUT2D eigenvalue weighted by molar-refractivity contribution is 7.80. The lowest BCUT2D eigenvalue weighted by Crippen LogP contribution is -2.59. The van der Waals surface area contributed by atoms with Gasteiger partial charge in [0.25, 0.3) is 0 Å². The number of carboxylic acid groups (broad SMARTS) is 1. The molecule has 28 heavy (non-hydrogen) atoms. The van der Waals surface area contributed by atoms with Crippen molar-refractivity contribution in [2.45, 2.75) is 58.3 Å². The van der Waals surface area contributed by atoms with Gasteiger partial charge >= 0.3 is 5.97 Å². The number of rotatable bonds is 12. The molecular formula is C17H32N4O6S. The van der Waals surface area contributed by atoms with E-state index in [2.05, 4.69) is 28.6 Å². The number of thiol groups is 1. The van der Waals surface area contributed by atoms with Crippen molar-refractivity contribution < 1.29 is 29.4 Å². The number of aliphatic carboxylic acids is 1. The summed E-state index contributed by atoms with van der Waals surface area (Å²) in [4.78, 5) is 48.1. The smallest absolute Gasteiger partial charge is 0.328 e. The van der Waals surface area contributed by atoms with Crippen molar-refractivity contribution in [1.82, 2.24) is 16.0 Å². The van der Waals surface area contributed by atoms with Crippen LogP contribution in [0.2, 0.25) is 0 Å². The molecule has 0 aromatic carbocycles. The van der Waals surface area contributed by atoms with Crippen molar-refractivity contribution >= 4 is 36.3 Å². The zero-order valence-electron chi connectivity index (χ0n) is 16.6. The number of carbonyl (C=O) groups is 4. The molecule has 0 rings (SSSR count). The molecule has 0 spiro atoms. The third-order valence-corrected chi connectivity index (χ3v) is 4.31. The number of carboxylic acids is 1. The standard InChI is InChI=1S/C17H32N4O6S/c1-8(2)5-11(19-14(23)10(18)7-28)15(24)21-13(9(3)4)16(25)20-12(6-22)17(26)27/h8-13,22,28H,5-7,18H2,1-4H3,(H,19,23)(H,20,25)(H,21,24)(H,26,27). The molecule has 0 fully saturated rings. The lowest BCUT2D eigenvalue weighted by atomic mass is 9.99. The van der Waals surface area contributed by atoms with Crippen LogP contribution < -0.4 is 21.7 Å². The fourth-order valence-corrected chi connectivity index (χ4v) is 2.47. The minimum absolute atomic E-state index is 0.0698. The molecule has 0 saturated carbocycles. The van der Waals surface area contributed by atoms with E-state index >= 15 is 0 Å². The Bertz CT molecular complexity index is 558. The Morgan fingerprint density at radius 3 is 1.86 bits per heavy atom. The Hall–Kier alpha value is -1.85. The summed E-state index contributed by atoms with van der Waals surface area (Å²) < 4.78 is 0. The van der Waals surface area contributed by atoms with Crippen LogP contribution >= 0.6 is 12.6 Å². The minimum Gasteiger partial charge on any atom is -0.480 e. The van der Waals surface area contributed by atoms with Crippen molar-refractivity contribution in [1.29, 1.82) is 0 Å². The summed E-state index contributed by atoms with van der Waals surface area (Å²) >= 11 is 3.96. The summed E-state index contributed by atoms with van der Waals surface area (Å²) in [5.41, 5.74) is 5.63. The first-order valence-corrected chi connectivity index (χ1v) is 9.68. The molecule has 0 bridgehead atoms. The number of nitrogens with two attached hydrogens (primary N) is 1. The lowest BCUT2D eigenvalue weighted by Gasteiger charge is -2.27. The van der Waals surface area contributed by atoms with Crippen LogP contribution in [0.15, 0.2) is 0 Å². The van der Waals surface area contributed by atoms with Crippen LogP contribution in [0.1, 0.15) is 34.1 Å². The van der Waals surface area contributed by atoms with Gasteiger partial charge in [0.15, 0.2) is 0 Å². The maximum Gasteiger partial charge on any atom is 0.328 e. The summed E-state index contributed by atoms with van der Waals surface area (Å²) in [5, 5.41) is 25.3. The number of hydrogen-bond acceptors (Lipinski definition) is 7. The molecule has 0 aliphatic carbocycles. The molecule has 4 atom stereocenters. The van der Waals surface area contributed by atoms with E-state index in [9.17, 15) is 19.2 Å². The molecule has 162 valence electrons. The Morgan fingerprint density at radius 2 is 1.46 bits per heavy atom. The molecule has 3 amide bonds. The Balaban J connectivity index is 5.30. The maximum absolute atomic E-state index is 12.7. The van der Waals surface area contributed by atoms with E-state index in [1.165, 1.54) is 0 Å². The molecule has 0 heterocycles. The number of amides is 3. The molecule has 0 aromatic rings. The topological polar surface area (TPSA) is 171 Å². The number of aliphatic hydroxyl groups excluding tert-OH is 1. The van der Waals surface area contributed by atoms with E-state index in [0.29, 0.717) is 6.42 Å². The van der Waals surface area contributed by atoms with Crippen molar-refractivity contribution in [3.8, 4) is 0 Å². The van der Waals surface area contributed by atoms with E-state index in [0.717, 1.165) is 0 Å². The van der Waals surface area contributed by atoms with Crippen LogP contribution in [0.3, 0.4) is 0 Å². The quantitative estimate of drug-likeness (QED) is 0.188. The summed E-state index contributed by atoms with van der Waals surface area (Å²) in [7, 11) is 0. The predicted octanol–water partition coefficient (Wildman–Crippen LogP) is -1.52. The van der Waals surface area contributed by atoms with Gasteiger partial charge in [0.2, 0.25) is 17.7 Å². The first-order valence-electron chi connectivity index (χ1n) is 9.05. The maximum atomic E-state index is 12.7. The molecule has 0 saturated heterocycles. The van der Waals surface area contributed by atoms with Gasteiger partial charge in [-0.3, -0.25) is 14.4 Å².